The summed E-state index contributed by atoms with van der Waals surface area (Å²) in [6.07, 6.45) is 7.79. The van der Waals surface area contributed by atoms with E-state index in [9.17, 15) is 13.2 Å². The van der Waals surface area contributed by atoms with Crippen LogP contribution in [0.4, 0.5) is 4.79 Å². The van der Waals surface area contributed by atoms with Crippen molar-refractivity contribution in [2.45, 2.75) is 44.6 Å². The maximum absolute atomic E-state index is 12.1. The fourth-order valence-corrected chi connectivity index (χ4v) is 4.83. The Balaban J connectivity index is 1.44. The first-order valence-electron chi connectivity index (χ1n) is 7.81. The second-order valence-electron chi connectivity index (χ2n) is 6.49. The fraction of sp³-hybridized carbons (Fsp3) is 0.929. The van der Waals surface area contributed by atoms with Gasteiger partial charge in [-0.05, 0) is 18.3 Å². The lowest BCUT2D eigenvalue weighted by Crippen LogP contribution is -2.49. The lowest BCUT2D eigenvalue weighted by atomic mass is 9.85. The third-order valence-corrected chi connectivity index (χ3v) is 6.64. The zero-order valence-corrected chi connectivity index (χ0v) is 12.7. The largest absolute Gasteiger partial charge is 0.335 e. The highest BCUT2D eigenvalue weighted by atomic mass is 32.2. The molecule has 3 aliphatic rings. The third kappa shape index (κ3) is 3.27. The molecule has 3 rings (SSSR count). The minimum absolute atomic E-state index is 0.0665. The first kappa shape index (κ1) is 14.2. The molecule has 6 heteroatoms. The van der Waals surface area contributed by atoms with E-state index in [1.807, 2.05) is 0 Å². The number of hydrogen-bond donors (Lipinski definition) is 1. The van der Waals surface area contributed by atoms with Crippen LogP contribution in [0, 0.1) is 11.8 Å². The summed E-state index contributed by atoms with van der Waals surface area (Å²) in [5, 5.41) is 3.09. The van der Waals surface area contributed by atoms with Crippen LogP contribution in [0.25, 0.3) is 0 Å². The van der Waals surface area contributed by atoms with Gasteiger partial charge in [-0.1, -0.05) is 32.1 Å². The number of sulfone groups is 1. The van der Waals surface area contributed by atoms with Gasteiger partial charge in [0.05, 0.1) is 11.5 Å². The molecule has 2 amide bonds. The van der Waals surface area contributed by atoms with Crippen molar-refractivity contribution in [1.29, 1.82) is 0 Å². The number of nitrogens with zero attached hydrogens (tertiary/aromatic N) is 1. The van der Waals surface area contributed by atoms with E-state index in [1.165, 1.54) is 32.1 Å². The van der Waals surface area contributed by atoms with Crippen LogP contribution in [0.15, 0.2) is 0 Å². The van der Waals surface area contributed by atoms with E-state index in [-0.39, 0.29) is 17.5 Å². The Morgan fingerprint density at radius 3 is 2.35 bits per heavy atom. The molecule has 0 radical (unpaired) electrons. The molecule has 2 atom stereocenters. The van der Waals surface area contributed by atoms with Gasteiger partial charge in [-0.3, -0.25) is 0 Å². The van der Waals surface area contributed by atoms with Crippen molar-refractivity contribution in [2.24, 2.45) is 11.8 Å². The van der Waals surface area contributed by atoms with Gasteiger partial charge in [-0.15, -0.1) is 0 Å². The summed E-state index contributed by atoms with van der Waals surface area (Å²) in [5.41, 5.74) is 0. The summed E-state index contributed by atoms with van der Waals surface area (Å²) in [7, 11) is -2.91. The van der Waals surface area contributed by atoms with E-state index in [1.54, 1.807) is 4.90 Å². The van der Waals surface area contributed by atoms with Crippen LogP contribution in [0.3, 0.4) is 0 Å². The van der Waals surface area contributed by atoms with Crippen LogP contribution >= 0.6 is 0 Å². The summed E-state index contributed by atoms with van der Waals surface area (Å²) >= 11 is 0. The van der Waals surface area contributed by atoms with Gasteiger partial charge in [-0.25, -0.2) is 13.2 Å². The van der Waals surface area contributed by atoms with Crippen LogP contribution in [0.1, 0.15) is 38.5 Å². The van der Waals surface area contributed by atoms with Crippen LogP contribution < -0.4 is 5.32 Å². The summed E-state index contributed by atoms with van der Waals surface area (Å²) in [4.78, 5) is 13.8. The average molecular weight is 300 g/mol. The summed E-state index contributed by atoms with van der Waals surface area (Å²) < 4.78 is 22.7. The number of carbonyl (C=O) groups excluding carboxylic acids is 1. The van der Waals surface area contributed by atoms with E-state index in [0.29, 0.717) is 25.0 Å². The number of nitrogens with one attached hydrogen (secondary N) is 1. The number of carbonyl (C=O) groups is 1. The van der Waals surface area contributed by atoms with E-state index >= 15 is 0 Å². The van der Waals surface area contributed by atoms with Gasteiger partial charge in [0.15, 0.2) is 9.84 Å². The quantitative estimate of drug-likeness (QED) is 0.838. The monoisotopic (exact) mass is 300 g/mol. The van der Waals surface area contributed by atoms with Crippen LogP contribution in [-0.2, 0) is 9.84 Å². The average Bonchev–Trinajstić information content (AvgIpc) is 3.19. The number of amides is 2. The molecule has 1 heterocycles. The fourth-order valence-electron chi connectivity index (χ4n) is 3.63. The lowest BCUT2D eigenvalue weighted by molar-refractivity contribution is 0.200. The second-order valence-corrected chi connectivity index (χ2v) is 8.80. The minimum Gasteiger partial charge on any atom is -0.335 e. The molecule has 3 fully saturated rings. The van der Waals surface area contributed by atoms with Crippen molar-refractivity contribution >= 4 is 15.9 Å². The first-order valence-corrected chi connectivity index (χ1v) is 9.63. The summed E-state index contributed by atoms with van der Waals surface area (Å²) in [6, 6.07) is 0.271. The molecule has 114 valence electrons. The zero-order chi connectivity index (χ0) is 14.2. The van der Waals surface area contributed by atoms with Gasteiger partial charge in [0, 0.05) is 19.1 Å². The molecule has 0 unspecified atom stereocenters. The van der Waals surface area contributed by atoms with Gasteiger partial charge < -0.3 is 10.2 Å². The molecule has 0 aromatic heterocycles. The smallest absolute Gasteiger partial charge is 0.317 e. The van der Waals surface area contributed by atoms with Crippen molar-refractivity contribution in [3.8, 4) is 0 Å². The standard InChI is InChI=1S/C14H24N2O3S/c17-14(16-6-8-20(18,19)9-7-16)15-13-10-12(13)11-4-2-1-3-5-11/h11-13H,1-10H2,(H,15,17)/t12-,13+/m1/s1. The van der Waals surface area contributed by atoms with E-state index in [2.05, 4.69) is 5.32 Å². The molecule has 5 nitrogen and oxygen atoms in total. The number of urea groups is 1. The highest BCUT2D eigenvalue weighted by Gasteiger charge is 2.44. The maximum atomic E-state index is 12.1. The van der Waals surface area contributed by atoms with Crippen molar-refractivity contribution in [2.75, 3.05) is 24.6 Å². The normalized spacial score (nSPS) is 33.7. The molecule has 1 N–H and O–H groups in total. The van der Waals surface area contributed by atoms with Gasteiger partial charge in [0.25, 0.3) is 0 Å². The molecule has 0 spiro atoms. The molecule has 1 aliphatic heterocycles. The van der Waals surface area contributed by atoms with Gasteiger partial charge >= 0.3 is 6.03 Å². The van der Waals surface area contributed by atoms with Crippen molar-refractivity contribution in [1.82, 2.24) is 10.2 Å². The molecule has 20 heavy (non-hydrogen) atoms. The van der Waals surface area contributed by atoms with Crippen molar-refractivity contribution in [3.05, 3.63) is 0 Å². The topological polar surface area (TPSA) is 66.5 Å². The molecule has 0 aromatic rings. The minimum atomic E-state index is -2.91. The van der Waals surface area contributed by atoms with Crippen LogP contribution in [-0.4, -0.2) is 50.0 Å². The predicted molar refractivity (Wildman–Crippen MR) is 77.2 cm³/mol. The van der Waals surface area contributed by atoms with Crippen molar-refractivity contribution in [3.63, 3.8) is 0 Å². The predicted octanol–water partition coefficient (Wildman–Crippen LogP) is 1.40. The molecule has 2 saturated carbocycles. The van der Waals surface area contributed by atoms with Gasteiger partial charge in [0.2, 0.25) is 0 Å². The lowest BCUT2D eigenvalue weighted by Gasteiger charge is -2.27. The molecule has 2 aliphatic carbocycles. The van der Waals surface area contributed by atoms with Crippen LogP contribution in [0.5, 0.6) is 0 Å². The Hall–Kier alpha value is -0.780. The maximum Gasteiger partial charge on any atom is 0.317 e. The Morgan fingerprint density at radius 2 is 1.70 bits per heavy atom. The van der Waals surface area contributed by atoms with E-state index < -0.39 is 9.84 Å². The first-order chi connectivity index (χ1) is 9.55. The highest BCUT2D eigenvalue weighted by Crippen LogP contribution is 2.44. The molecular weight excluding hydrogens is 276 g/mol. The zero-order valence-electron chi connectivity index (χ0n) is 11.9. The Bertz CT molecular complexity index is 457. The summed E-state index contributed by atoms with van der Waals surface area (Å²) in [6.45, 7) is 0.684. The summed E-state index contributed by atoms with van der Waals surface area (Å²) in [5.74, 6) is 1.69. The Labute approximate surface area is 121 Å². The molecule has 0 bridgehead atoms. The highest BCUT2D eigenvalue weighted by molar-refractivity contribution is 7.91. The van der Waals surface area contributed by atoms with Gasteiger partial charge in [-0.2, -0.15) is 0 Å². The van der Waals surface area contributed by atoms with Crippen molar-refractivity contribution < 1.29 is 13.2 Å². The SMILES string of the molecule is O=C(N[C@H]1C[C@@H]1C1CCCCC1)N1CCS(=O)(=O)CC1. The Kier molecular flexibility index (Phi) is 3.93. The number of rotatable bonds is 2. The Morgan fingerprint density at radius 1 is 1.05 bits per heavy atom. The van der Waals surface area contributed by atoms with Crippen LogP contribution in [0.2, 0.25) is 0 Å². The third-order valence-electron chi connectivity index (χ3n) is 5.04. The van der Waals surface area contributed by atoms with E-state index in [0.717, 1.165) is 12.3 Å². The van der Waals surface area contributed by atoms with Gasteiger partial charge in [0.1, 0.15) is 0 Å². The van der Waals surface area contributed by atoms with E-state index in [4.69, 9.17) is 0 Å². The molecule has 1 saturated heterocycles. The second kappa shape index (κ2) is 5.54. The number of hydrogen-bond acceptors (Lipinski definition) is 3. The molecular formula is C14H24N2O3S. The molecule has 0 aromatic carbocycles.